The number of hydrogen-bond acceptors (Lipinski definition) is 24. The van der Waals surface area contributed by atoms with Crippen molar-refractivity contribution < 1.29 is 124 Å². The number of Topliss-reactive ketones (excluding diaryl/α,β-unsaturated/α-hetero) is 2. The van der Waals surface area contributed by atoms with E-state index in [1.807, 2.05) is 0 Å². The summed E-state index contributed by atoms with van der Waals surface area (Å²) in [5, 5.41) is 160. The van der Waals surface area contributed by atoms with E-state index in [2.05, 4.69) is 0 Å². The molecule has 23 atom stereocenters. The lowest BCUT2D eigenvalue weighted by Gasteiger charge is -2.41. The van der Waals surface area contributed by atoms with Gasteiger partial charge < -0.3 is 101 Å². The number of ether oxygens (including phenoxy) is 4. The van der Waals surface area contributed by atoms with Crippen LogP contribution in [0.25, 0.3) is 0 Å². The van der Waals surface area contributed by atoms with Gasteiger partial charge in [0.05, 0.1) is 97.6 Å². The minimum absolute atomic E-state index is 0.0898. The van der Waals surface area contributed by atoms with E-state index in [4.69, 9.17) is 24.7 Å². The maximum atomic E-state index is 13.1. The number of esters is 2. The minimum Gasteiger partial charge on any atom is -0.481 e. The van der Waals surface area contributed by atoms with Crippen LogP contribution in [0.1, 0.15) is 85.0 Å². The summed E-state index contributed by atoms with van der Waals surface area (Å²) in [4.78, 5) is 76.2. The van der Waals surface area contributed by atoms with Crippen molar-refractivity contribution in [1.82, 2.24) is 0 Å². The van der Waals surface area contributed by atoms with E-state index in [0.29, 0.717) is 0 Å². The average molecular weight is 1220 g/mol. The number of aliphatic hydroxyl groups is 13. The van der Waals surface area contributed by atoms with Gasteiger partial charge in [0.1, 0.15) is 35.6 Å². The summed E-state index contributed by atoms with van der Waals surface area (Å²) in [6.07, 6.45) is -8.32. The molecule has 3 rings (SSSR count). The average Bonchev–Trinajstić information content (AvgIpc) is 2.74. The van der Waals surface area contributed by atoms with Gasteiger partial charge in [0.15, 0.2) is 6.29 Å². The standard InChI is InChI=1S/C60H87NO25/c1-32-14-8-6-9-15-35(16-10-7-13-19-45(69)53(58(79)80)48(72)29-38(64)25-36(62)27-46(70)43(67)20-22-51(75)83-32)41-24-33(2)84-52(76)23-21-44(68)47(71)28-37(63)26-39(65)30-49(73)54(59(81)82)50(74)31-40(17-11-4-5-12-18-42(41)66)86-60-57(78)55(61)56(77)34(3)85-60/h4-13,15-18,20-23,32-37,40-50,53-57,60,62-63,66-74,77-78H,14,19,24-31,61H2,1-3H3,(H,79,80)(H,81,82)/b5-4+,8-6+,13-7+,15-9-,16-10-,17-11-,18-12+,22-20+,23-21+/t32?,33?,34-,35?,36?,37?,40?,41?,42?,43?,44?,45?,46?,47?,48?,49?,50?,53?,54?,55+,56-,57+,60+/m1/s1. The van der Waals surface area contributed by atoms with Crippen molar-refractivity contribution in [2.75, 3.05) is 0 Å². The Bertz CT molecular complexity index is 2440. The van der Waals surface area contributed by atoms with E-state index in [0.717, 1.165) is 24.3 Å². The summed E-state index contributed by atoms with van der Waals surface area (Å²) in [6.45, 7) is 4.54. The molecule has 0 radical (unpaired) electrons. The molecule has 1 fully saturated rings. The van der Waals surface area contributed by atoms with E-state index in [1.165, 1.54) is 68.5 Å². The molecule has 0 saturated carbocycles. The van der Waals surface area contributed by atoms with Crippen LogP contribution in [0.3, 0.4) is 0 Å². The van der Waals surface area contributed by atoms with Crippen molar-refractivity contribution in [3.63, 3.8) is 0 Å². The van der Waals surface area contributed by atoms with Crippen LogP contribution >= 0.6 is 0 Å². The number of hydrogen-bond donors (Lipinski definition) is 16. The molecule has 0 amide bonds. The molecule has 86 heavy (non-hydrogen) atoms. The van der Waals surface area contributed by atoms with Crippen LogP contribution in [0, 0.1) is 23.7 Å². The molecule has 26 nitrogen and oxygen atoms in total. The predicted octanol–water partition coefficient (Wildman–Crippen LogP) is -1.29. The third-order valence-electron chi connectivity index (χ3n) is 14.5. The fourth-order valence-electron chi connectivity index (χ4n) is 9.76. The molecule has 18 unspecified atom stereocenters. The number of carbonyl (C=O) groups is 6. The highest BCUT2D eigenvalue weighted by Gasteiger charge is 2.44. The second-order valence-electron chi connectivity index (χ2n) is 21.9. The van der Waals surface area contributed by atoms with Gasteiger partial charge in [0.2, 0.25) is 0 Å². The van der Waals surface area contributed by atoms with Gasteiger partial charge in [-0.15, -0.1) is 0 Å². The molecule has 3 aliphatic rings. The quantitative estimate of drug-likeness (QED) is 0.142. The van der Waals surface area contributed by atoms with E-state index >= 15 is 0 Å². The highest BCUT2D eigenvalue weighted by molar-refractivity contribution is 5.83. The van der Waals surface area contributed by atoms with Gasteiger partial charge >= 0.3 is 23.9 Å². The fraction of sp³-hybridized carbons (Fsp3) is 0.600. The molecule has 0 spiro atoms. The van der Waals surface area contributed by atoms with Gasteiger partial charge in [-0.3, -0.25) is 19.2 Å². The number of rotatable bonds is 5. The molecule has 482 valence electrons. The molecular weight excluding hydrogens is 1130 g/mol. The summed E-state index contributed by atoms with van der Waals surface area (Å²) in [5.74, 6) is -12.5. The van der Waals surface area contributed by atoms with Crippen LogP contribution in [-0.2, 0) is 47.7 Å². The van der Waals surface area contributed by atoms with Crippen LogP contribution < -0.4 is 5.73 Å². The van der Waals surface area contributed by atoms with Crippen LogP contribution in [0.2, 0.25) is 0 Å². The Morgan fingerprint density at radius 3 is 1.47 bits per heavy atom. The normalized spacial score (nSPS) is 42.0. The molecule has 0 aliphatic carbocycles. The zero-order chi connectivity index (χ0) is 64.4. The van der Waals surface area contributed by atoms with E-state index in [-0.39, 0.29) is 19.3 Å². The number of nitrogens with two attached hydrogens (primary N) is 1. The summed E-state index contributed by atoms with van der Waals surface area (Å²) in [7, 11) is 0. The maximum Gasteiger partial charge on any atom is 0.330 e. The first-order valence-electron chi connectivity index (χ1n) is 28.4. The van der Waals surface area contributed by atoms with E-state index < -0.39 is 220 Å². The van der Waals surface area contributed by atoms with Crippen LogP contribution in [0.4, 0.5) is 0 Å². The number of allylic oxidation sites excluding steroid dienone is 10. The van der Waals surface area contributed by atoms with Crippen molar-refractivity contribution >= 4 is 35.4 Å². The van der Waals surface area contributed by atoms with Gasteiger partial charge in [-0.05, 0) is 45.8 Å². The number of aliphatic hydroxyl groups excluding tert-OH is 13. The molecule has 17 N–H and O–H groups in total. The zero-order valence-electron chi connectivity index (χ0n) is 48.1. The fourth-order valence-corrected chi connectivity index (χ4v) is 9.76. The van der Waals surface area contributed by atoms with Gasteiger partial charge in [-0.2, -0.15) is 0 Å². The topological polar surface area (TPSA) is 469 Å². The van der Waals surface area contributed by atoms with Crippen molar-refractivity contribution in [3.8, 4) is 0 Å². The Morgan fingerprint density at radius 1 is 0.488 bits per heavy atom. The van der Waals surface area contributed by atoms with Crippen molar-refractivity contribution in [1.29, 1.82) is 0 Å². The smallest absolute Gasteiger partial charge is 0.330 e. The third kappa shape index (κ3) is 26.3. The first-order valence-corrected chi connectivity index (χ1v) is 28.4. The largest absolute Gasteiger partial charge is 0.481 e. The Balaban J connectivity index is 2.14. The van der Waals surface area contributed by atoms with E-state index in [1.54, 1.807) is 37.3 Å². The molecular formula is C60H87NO25. The van der Waals surface area contributed by atoms with Gasteiger partial charge in [-0.25, -0.2) is 9.59 Å². The first kappa shape index (κ1) is 74.5. The number of ketones is 2. The third-order valence-corrected chi connectivity index (χ3v) is 14.5. The van der Waals surface area contributed by atoms with Crippen molar-refractivity contribution in [2.24, 2.45) is 29.4 Å². The molecule has 0 aromatic carbocycles. The predicted molar refractivity (Wildman–Crippen MR) is 304 cm³/mol. The van der Waals surface area contributed by atoms with Gasteiger partial charge in [0, 0.05) is 75.4 Å². The van der Waals surface area contributed by atoms with Crippen molar-refractivity contribution in [3.05, 3.63) is 109 Å². The Kier molecular flexibility index (Phi) is 32.8. The second-order valence-corrected chi connectivity index (χ2v) is 21.9. The Labute approximate surface area is 498 Å². The Hall–Kier alpha value is -5.76. The van der Waals surface area contributed by atoms with Crippen LogP contribution in [0.5, 0.6) is 0 Å². The summed E-state index contributed by atoms with van der Waals surface area (Å²) in [5.41, 5.74) is 6.01. The van der Waals surface area contributed by atoms with E-state index in [9.17, 15) is 105 Å². The number of carbonyl (C=O) groups excluding carboxylic acids is 4. The summed E-state index contributed by atoms with van der Waals surface area (Å²) in [6, 6.07) is -1.25. The molecule has 0 bridgehead atoms. The Morgan fingerprint density at radius 2 is 0.953 bits per heavy atom. The number of carboxylic acid groups (broad SMARTS) is 2. The maximum absolute atomic E-state index is 13.1. The number of cyclic esters (lactones) is 2. The van der Waals surface area contributed by atoms with Gasteiger partial charge in [-0.1, -0.05) is 85.1 Å². The molecule has 3 heterocycles. The lowest BCUT2D eigenvalue weighted by Crippen LogP contribution is -2.61. The van der Waals surface area contributed by atoms with Gasteiger partial charge in [0.25, 0.3) is 0 Å². The molecule has 0 aromatic heterocycles. The summed E-state index contributed by atoms with van der Waals surface area (Å²) >= 11 is 0. The molecule has 3 aliphatic heterocycles. The SMILES string of the molecule is CC1C/C=C/C=C\C(C2CC(C)OC(=O)/C=C/C(O)C(O)CC(O)CC(=O)CC(O)C(C(=O)O)C(O)CC(O[C@@H]3O[C@H](C)[C@@H](O)[C@H](N)[C@@H]3O)\C=C/C=C/C=C/C2O)/C=C\C=C\CC(O)C(C(=O)O)C(O)CC(=O)CC(O)CC(O)C(O)/C=C/C(=O)O1. The summed E-state index contributed by atoms with van der Waals surface area (Å²) < 4.78 is 22.6. The zero-order valence-corrected chi connectivity index (χ0v) is 48.1. The molecule has 1 saturated heterocycles. The van der Waals surface area contributed by atoms with Crippen LogP contribution in [0.15, 0.2) is 109 Å². The van der Waals surface area contributed by atoms with Crippen LogP contribution in [-0.4, -0.2) is 228 Å². The minimum atomic E-state index is -2.03. The number of aliphatic carboxylic acids is 2. The lowest BCUT2D eigenvalue weighted by atomic mass is 9.82. The monoisotopic (exact) mass is 1220 g/mol. The molecule has 0 aromatic rings. The molecule has 26 heteroatoms. The highest BCUT2D eigenvalue weighted by atomic mass is 16.7. The highest BCUT2D eigenvalue weighted by Crippen LogP contribution is 2.29. The second kappa shape index (κ2) is 37.8. The lowest BCUT2D eigenvalue weighted by molar-refractivity contribution is -0.277. The first-order chi connectivity index (χ1) is 40.5. The van der Waals surface area contributed by atoms with Crippen molar-refractivity contribution in [2.45, 2.75) is 201 Å². The number of carboxylic acids is 2.